The second-order valence-electron chi connectivity index (χ2n) is 6.31. The molecule has 3 nitrogen and oxygen atoms in total. The van der Waals surface area contributed by atoms with Crippen LogP contribution in [0.15, 0.2) is 59.0 Å². The maximum absolute atomic E-state index is 12.2. The number of amides is 1. The molecule has 3 aromatic rings. The van der Waals surface area contributed by atoms with E-state index >= 15 is 0 Å². The van der Waals surface area contributed by atoms with Crippen molar-refractivity contribution in [1.82, 2.24) is 0 Å². The fraction of sp³-hybridized carbons (Fsp3) is 0.136. The molecule has 0 spiro atoms. The van der Waals surface area contributed by atoms with Crippen LogP contribution in [0.4, 0.5) is 5.69 Å². The molecule has 0 radical (unpaired) electrons. The van der Waals surface area contributed by atoms with E-state index in [1.165, 1.54) is 11.6 Å². The van der Waals surface area contributed by atoms with Gasteiger partial charge in [0.25, 0.3) is 0 Å². The fourth-order valence-corrected chi connectivity index (χ4v) is 3.04. The highest BCUT2D eigenvalue weighted by Crippen LogP contribution is 2.25. The Hall–Kier alpha value is -2.78. The first-order chi connectivity index (χ1) is 12.4. The largest absolute Gasteiger partial charge is 0.457 e. The summed E-state index contributed by atoms with van der Waals surface area (Å²) in [7, 11) is 0. The van der Waals surface area contributed by atoms with E-state index in [2.05, 4.69) is 17.4 Å². The number of halogens is 1. The maximum Gasteiger partial charge on any atom is 0.248 e. The van der Waals surface area contributed by atoms with Crippen molar-refractivity contribution in [3.63, 3.8) is 0 Å². The lowest BCUT2D eigenvalue weighted by Crippen LogP contribution is -2.10. The number of aryl methyl sites for hydroxylation is 3. The van der Waals surface area contributed by atoms with Crippen LogP contribution < -0.4 is 5.32 Å². The van der Waals surface area contributed by atoms with Gasteiger partial charge in [0.15, 0.2) is 0 Å². The smallest absolute Gasteiger partial charge is 0.248 e. The Morgan fingerprint density at radius 3 is 2.31 bits per heavy atom. The monoisotopic (exact) mass is 365 g/mol. The summed E-state index contributed by atoms with van der Waals surface area (Å²) in [6.45, 7) is 6.02. The van der Waals surface area contributed by atoms with Gasteiger partial charge in [-0.25, -0.2) is 0 Å². The molecule has 1 amide bonds. The Kier molecular flexibility index (Phi) is 5.29. The predicted octanol–water partition coefficient (Wildman–Crippen LogP) is 6.18. The molecule has 0 saturated carbocycles. The van der Waals surface area contributed by atoms with E-state index in [0.29, 0.717) is 10.8 Å². The van der Waals surface area contributed by atoms with Crippen molar-refractivity contribution < 1.29 is 9.21 Å². The van der Waals surface area contributed by atoms with Crippen LogP contribution in [-0.2, 0) is 4.79 Å². The summed E-state index contributed by atoms with van der Waals surface area (Å²) in [5.74, 6) is 1.15. The molecule has 1 heterocycles. The van der Waals surface area contributed by atoms with Crippen molar-refractivity contribution in [2.45, 2.75) is 20.8 Å². The fourth-order valence-electron chi connectivity index (χ4n) is 2.91. The van der Waals surface area contributed by atoms with Gasteiger partial charge < -0.3 is 9.73 Å². The van der Waals surface area contributed by atoms with Crippen molar-refractivity contribution >= 4 is 29.3 Å². The summed E-state index contributed by atoms with van der Waals surface area (Å²) in [6, 6.07) is 15.2. The summed E-state index contributed by atoms with van der Waals surface area (Å²) in [5, 5.41) is 3.62. The minimum absolute atomic E-state index is 0.190. The van der Waals surface area contributed by atoms with Crippen molar-refractivity contribution in [2.75, 3.05) is 5.32 Å². The van der Waals surface area contributed by atoms with Gasteiger partial charge in [0, 0.05) is 22.3 Å². The number of hydrogen-bond donors (Lipinski definition) is 1. The van der Waals surface area contributed by atoms with Gasteiger partial charge in [0.2, 0.25) is 5.91 Å². The molecule has 0 fully saturated rings. The third-order valence-electron chi connectivity index (χ3n) is 4.08. The molecule has 2 aromatic carbocycles. The van der Waals surface area contributed by atoms with Gasteiger partial charge in [-0.3, -0.25) is 4.79 Å². The molecule has 0 aliphatic heterocycles. The third-order valence-corrected chi connectivity index (χ3v) is 4.33. The van der Waals surface area contributed by atoms with Crippen molar-refractivity contribution in [1.29, 1.82) is 0 Å². The lowest BCUT2D eigenvalue weighted by molar-refractivity contribution is -0.111. The van der Waals surface area contributed by atoms with Crippen LogP contribution in [0.25, 0.3) is 17.4 Å². The summed E-state index contributed by atoms with van der Waals surface area (Å²) in [5.41, 5.74) is 5.06. The van der Waals surface area contributed by atoms with E-state index in [1.54, 1.807) is 6.08 Å². The Morgan fingerprint density at radius 2 is 1.65 bits per heavy atom. The summed E-state index contributed by atoms with van der Waals surface area (Å²) < 4.78 is 5.76. The topological polar surface area (TPSA) is 42.2 Å². The first-order valence-electron chi connectivity index (χ1n) is 8.35. The highest BCUT2D eigenvalue weighted by Gasteiger charge is 2.07. The number of hydrogen-bond acceptors (Lipinski definition) is 2. The molecule has 1 aromatic heterocycles. The van der Waals surface area contributed by atoms with Gasteiger partial charge in [-0.15, -0.1) is 0 Å². The van der Waals surface area contributed by atoms with Gasteiger partial charge in [0.05, 0.1) is 0 Å². The molecule has 132 valence electrons. The summed E-state index contributed by atoms with van der Waals surface area (Å²) >= 11 is 5.90. The SMILES string of the molecule is Cc1cc(C)c(NC(=O)C=Cc2ccc(-c3ccc(Cl)cc3)o2)c(C)c1. The van der Waals surface area contributed by atoms with Crippen LogP contribution in [0.2, 0.25) is 5.02 Å². The average Bonchev–Trinajstić information content (AvgIpc) is 3.06. The first-order valence-corrected chi connectivity index (χ1v) is 8.73. The lowest BCUT2D eigenvalue weighted by Gasteiger charge is -2.11. The molecule has 0 bridgehead atoms. The maximum atomic E-state index is 12.2. The zero-order valence-electron chi connectivity index (χ0n) is 15.0. The number of carbonyl (C=O) groups excluding carboxylic acids is 1. The number of rotatable bonds is 4. The normalized spacial score (nSPS) is 11.1. The number of carbonyl (C=O) groups is 1. The van der Waals surface area contributed by atoms with Crippen LogP contribution in [0.1, 0.15) is 22.5 Å². The van der Waals surface area contributed by atoms with Gasteiger partial charge >= 0.3 is 0 Å². The van der Waals surface area contributed by atoms with Crippen LogP contribution in [0, 0.1) is 20.8 Å². The molecule has 3 rings (SSSR count). The molecule has 26 heavy (non-hydrogen) atoms. The molecule has 1 N–H and O–H groups in total. The molecule has 0 aliphatic carbocycles. The lowest BCUT2D eigenvalue weighted by atomic mass is 10.1. The predicted molar refractivity (Wildman–Crippen MR) is 107 cm³/mol. The second-order valence-corrected chi connectivity index (χ2v) is 6.74. The Labute approximate surface area is 158 Å². The quantitative estimate of drug-likeness (QED) is 0.561. The molecule has 0 aliphatic rings. The molecule has 0 saturated heterocycles. The Morgan fingerprint density at radius 1 is 1.00 bits per heavy atom. The molecular weight excluding hydrogens is 346 g/mol. The van der Waals surface area contributed by atoms with Crippen LogP contribution in [0.5, 0.6) is 0 Å². The van der Waals surface area contributed by atoms with E-state index in [1.807, 2.05) is 57.2 Å². The van der Waals surface area contributed by atoms with Crippen LogP contribution >= 0.6 is 11.6 Å². The first kappa shape index (κ1) is 18.0. The van der Waals surface area contributed by atoms with E-state index in [4.69, 9.17) is 16.0 Å². The van der Waals surface area contributed by atoms with Gasteiger partial charge in [-0.05, 0) is 74.4 Å². The molecule has 0 unspecified atom stereocenters. The van der Waals surface area contributed by atoms with E-state index in [0.717, 1.165) is 28.1 Å². The number of nitrogens with one attached hydrogen (secondary N) is 1. The molecule has 0 atom stereocenters. The standard InChI is InChI=1S/C22H20ClNO2/c1-14-12-15(2)22(16(3)13-14)24-21(25)11-9-19-8-10-20(26-19)17-4-6-18(23)7-5-17/h4-13H,1-3H3,(H,24,25). The van der Waals surface area contributed by atoms with Crippen molar-refractivity contribution in [3.05, 3.63) is 82.1 Å². The number of anilines is 1. The Bertz CT molecular complexity index is 945. The average molecular weight is 366 g/mol. The van der Waals surface area contributed by atoms with Gasteiger partial charge in [-0.2, -0.15) is 0 Å². The molecule has 4 heteroatoms. The van der Waals surface area contributed by atoms with E-state index in [-0.39, 0.29) is 5.91 Å². The highest BCUT2D eigenvalue weighted by molar-refractivity contribution is 6.30. The minimum atomic E-state index is -0.190. The van der Waals surface area contributed by atoms with E-state index < -0.39 is 0 Å². The summed E-state index contributed by atoms with van der Waals surface area (Å²) in [6.07, 6.45) is 3.14. The van der Waals surface area contributed by atoms with Crippen molar-refractivity contribution in [2.24, 2.45) is 0 Å². The van der Waals surface area contributed by atoms with E-state index in [9.17, 15) is 4.79 Å². The van der Waals surface area contributed by atoms with Gasteiger partial charge in [-0.1, -0.05) is 29.3 Å². The third kappa shape index (κ3) is 4.24. The Balaban J connectivity index is 1.70. The zero-order valence-corrected chi connectivity index (χ0v) is 15.7. The second kappa shape index (κ2) is 7.63. The number of furan rings is 1. The van der Waals surface area contributed by atoms with Crippen molar-refractivity contribution in [3.8, 4) is 11.3 Å². The minimum Gasteiger partial charge on any atom is -0.457 e. The summed E-state index contributed by atoms with van der Waals surface area (Å²) in [4.78, 5) is 12.2. The van der Waals surface area contributed by atoms with Crippen LogP contribution in [-0.4, -0.2) is 5.91 Å². The zero-order chi connectivity index (χ0) is 18.7. The molecular formula is C22H20ClNO2. The van der Waals surface area contributed by atoms with Crippen LogP contribution in [0.3, 0.4) is 0 Å². The number of benzene rings is 2. The highest BCUT2D eigenvalue weighted by atomic mass is 35.5. The van der Waals surface area contributed by atoms with Gasteiger partial charge in [0.1, 0.15) is 11.5 Å².